The lowest BCUT2D eigenvalue weighted by Gasteiger charge is -2.26. The lowest BCUT2D eigenvalue weighted by atomic mass is 9.94. The van der Waals surface area contributed by atoms with Crippen molar-refractivity contribution in [1.29, 1.82) is 0 Å². The van der Waals surface area contributed by atoms with Gasteiger partial charge in [0, 0.05) is 11.6 Å². The molecule has 0 aromatic heterocycles. The Bertz CT molecular complexity index is 536. The van der Waals surface area contributed by atoms with Crippen LogP contribution in [0.3, 0.4) is 0 Å². The fraction of sp³-hybridized carbons (Fsp3) is 0.364. The summed E-state index contributed by atoms with van der Waals surface area (Å²) in [7, 11) is -3.51. The summed E-state index contributed by atoms with van der Waals surface area (Å²) < 4.78 is 26.9. The molecule has 0 bridgehead atoms. The van der Waals surface area contributed by atoms with Gasteiger partial charge in [-0.1, -0.05) is 36.8 Å². The Hall–Kier alpha value is -0.980. The average Bonchev–Trinajstić information content (AvgIpc) is 2.24. The van der Waals surface area contributed by atoms with Gasteiger partial charge >= 0.3 is 0 Å². The van der Waals surface area contributed by atoms with E-state index in [0.717, 1.165) is 19.3 Å². The first-order valence-corrected chi connectivity index (χ1v) is 7.31. The van der Waals surface area contributed by atoms with Gasteiger partial charge in [0.1, 0.15) is 4.99 Å². The molecule has 0 amide bonds. The van der Waals surface area contributed by atoms with Gasteiger partial charge < -0.3 is 5.73 Å². The number of rotatable bonds is 4. The third-order valence-corrected chi connectivity index (χ3v) is 4.67. The third kappa shape index (κ3) is 2.65. The maximum atomic E-state index is 12.1. The summed E-state index contributed by atoms with van der Waals surface area (Å²) in [4.78, 5) is 0.263. The van der Waals surface area contributed by atoms with Crippen molar-refractivity contribution in [2.45, 2.75) is 30.2 Å². The molecule has 1 aliphatic carbocycles. The molecule has 0 heterocycles. The molecule has 1 aliphatic rings. The lowest BCUT2D eigenvalue weighted by Crippen LogP contribution is -2.40. The summed E-state index contributed by atoms with van der Waals surface area (Å²) in [6.45, 7) is 0. The highest BCUT2D eigenvalue weighted by Gasteiger charge is 2.26. The van der Waals surface area contributed by atoms with Crippen molar-refractivity contribution < 1.29 is 8.42 Å². The van der Waals surface area contributed by atoms with E-state index in [1.165, 1.54) is 6.07 Å². The first kappa shape index (κ1) is 12.5. The van der Waals surface area contributed by atoms with E-state index in [9.17, 15) is 8.42 Å². The monoisotopic (exact) mass is 270 g/mol. The van der Waals surface area contributed by atoms with Crippen LogP contribution in [0, 0.1) is 0 Å². The zero-order valence-electron chi connectivity index (χ0n) is 9.22. The molecule has 1 aromatic carbocycles. The van der Waals surface area contributed by atoms with E-state index in [1.807, 2.05) is 0 Å². The molecule has 0 spiro atoms. The molecular weight excluding hydrogens is 256 g/mol. The molecule has 0 saturated heterocycles. The standard InChI is InChI=1S/C11H14N2O2S2/c12-11(16)9-6-1-2-7-10(9)17(14,15)13-8-4-3-5-8/h1-2,6-8,13H,3-5H2,(H2,12,16). The van der Waals surface area contributed by atoms with Crippen molar-refractivity contribution in [2.75, 3.05) is 0 Å². The number of thiocarbonyl (C=S) groups is 1. The summed E-state index contributed by atoms with van der Waals surface area (Å²) in [6.07, 6.45) is 2.87. The molecule has 92 valence electrons. The molecule has 0 aliphatic heterocycles. The van der Waals surface area contributed by atoms with Gasteiger partial charge in [0.2, 0.25) is 10.0 Å². The minimum absolute atomic E-state index is 0.0550. The smallest absolute Gasteiger partial charge is 0.241 e. The molecule has 0 unspecified atom stereocenters. The van der Waals surface area contributed by atoms with Crippen LogP contribution in [0.15, 0.2) is 29.2 Å². The van der Waals surface area contributed by atoms with Gasteiger partial charge in [-0.15, -0.1) is 0 Å². The number of nitrogens with one attached hydrogen (secondary N) is 1. The van der Waals surface area contributed by atoms with Crippen molar-refractivity contribution in [2.24, 2.45) is 5.73 Å². The predicted molar refractivity (Wildman–Crippen MR) is 70.3 cm³/mol. The van der Waals surface area contributed by atoms with Crippen molar-refractivity contribution in [3.8, 4) is 0 Å². The highest BCUT2D eigenvalue weighted by Crippen LogP contribution is 2.22. The number of hydrogen-bond acceptors (Lipinski definition) is 3. The van der Waals surface area contributed by atoms with Crippen LogP contribution in [0.25, 0.3) is 0 Å². The largest absolute Gasteiger partial charge is 0.389 e. The first-order chi connectivity index (χ1) is 8.00. The normalized spacial score (nSPS) is 16.5. The van der Waals surface area contributed by atoms with Gasteiger partial charge in [-0.05, 0) is 18.9 Å². The van der Waals surface area contributed by atoms with Crippen molar-refractivity contribution in [1.82, 2.24) is 4.72 Å². The van der Waals surface area contributed by atoms with E-state index >= 15 is 0 Å². The summed E-state index contributed by atoms with van der Waals surface area (Å²) >= 11 is 4.86. The van der Waals surface area contributed by atoms with E-state index in [0.29, 0.717) is 5.56 Å². The molecule has 1 saturated carbocycles. The Balaban J connectivity index is 2.34. The van der Waals surface area contributed by atoms with Crippen molar-refractivity contribution in [3.05, 3.63) is 29.8 Å². The number of benzene rings is 1. The summed E-state index contributed by atoms with van der Waals surface area (Å²) in [5.41, 5.74) is 5.93. The molecule has 17 heavy (non-hydrogen) atoms. The van der Waals surface area contributed by atoms with Crippen LogP contribution in [0.1, 0.15) is 24.8 Å². The SMILES string of the molecule is NC(=S)c1ccccc1S(=O)(=O)NC1CCC1. The Morgan fingerprint density at radius 2 is 2.00 bits per heavy atom. The minimum Gasteiger partial charge on any atom is -0.389 e. The van der Waals surface area contributed by atoms with Gasteiger partial charge in [-0.25, -0.2) is 13.1 Å². The van der Waals surface area contributed by atoms with Crippen LogP contribution in [-0.4, -0.2) is 19.4 Å². The fourth-order valence-corrected chi connectivity index (χ4v) is 3.48. The second-order valence-corrected chi connectivity index (χ2v) is 6.23. The quantitative estimate of drug-likeness (QED) is 0.805. The molecule has 1 aromatic rings. The molecule has 4 nitrogen and oxygen atoms in total. The van der Waals surface area contributed by atoms with Crippen molar-refractivity contribution >= 4 is 27.2 Å². The van der Waals surface area contributed by atoms with E-state index in [2.05, 4.69) is 4.72 Å². The Labute approximate surface area is 106 Å². The highest BCUT2D eigenvalue weighted by atomic mass is 32.2. The zero-order valence-corrected chi connectivity index (χ0v) is 10.9. The predicted octanol–water partition coefficient (Wildman–Crippen LogP) is 1.15. The van der Waals surface area contributed by atoms with Crippen LogP contribution in [0.2, 0.25) is 0 Å². The Kier molecular flexibility index (Phi) is 3.46. The van der Waals surface area contributed by atoms with Crippen LogP contribution in [-0.2, 0) is 10.0 Å². The summed E-state index contributed by atoms with van der Waals surface area (Å²) in [5, 5.41) is 0. The zero-order chi connectivity index (χ0) is 12.5. The molecular formula is C11H14N2O2S2. The molecule has 3 N–H and O–H groups in total. The topological polar surface area (TPSA) is 72.2 Å². The lowest BCUT2D eigenvalue weighted by molar-refractivity contribution is 0.383. The molecule has 1 fully saturated rings. The maximum Gasteiger partial charge on any atom is 0.241 e. The third-order valence-electron chi connectivity index (χ3n) is 2.87. The average molecular weight is 270 g/mol. The van der Waals surface area contributed by atoms with Gasteiger partial charge in [0.05, 0.1) is 4.90 Å². The Morgan fingerprint density at radius 3 is 2.53 bits per heavy atom. The van der Waals surface area contributed by atoms with Crippen LogP contribution in [0.4, 0.5) is 0 Å². The molecule has 0 radical (unpaired) electrons. The molecule has 2 rings (SSSR count). The van der Waals surface area contributed by atoms with E-state index in [1.54, 1.807) is 18.2 Å². The van der Waals surface area contributed by atoms with E-state index in [-0.39, 0.29) is 15.9 Å². The summed E-state index contributed by atoms with van der Waals surface area (Å²) in [6, 6.07) is 6.58. The second kappa shape index (κ2) is 4.72. The van der Waals surface area contributed by atoms with Gasteiger partial charge in [0.15, 0.2) is 0 Å². The van der Waals surface area contributed by atoms with Gasteiger partial charge in [0.25, 0.3) is 0 Å². The van der Waals surface area contributed by atoms with E-state index in [4.69, 9.17) is 18.0 Å². The molecule has 6 heteroatoms. The maximum absolute atomic E-state index is 12.1. The molecule has 0 atom stereocenters. The number of nitrogens with two attached hydrogens (primary N) is 1. The van der Waals surface area contributed by atoms with Gasteiger partial charge in [-0.2, -0.15) is 0 Å². The highest BCUT2D eigenvalue weighted by molar-refractivity contribution is 7.89. The van der Waals surface area contributed by atoms with Crippen LogP contribution >= 0.6 is 12.2 Å². The summed E-state index contributed by atoms with van der Waals surface area (Å²) in [5.74, 6) is 0. The van der Waals surface area contributed by atoms with Crippen LogP contribution < -0.4 is 10.5 Å². The number of sulfonamides is 1. The Morgan fingerprint density at radius 1 is 1.35 bits per heavy atom. The second-order valence-electron chi connectivity index (χ2n) is 4.11. The van der Waals surface area contributed by atoms with Crippen LogP contribution in [0.5, 0.6) is 0 Å². The van der Waals surface area contributed by atoms with Gasteiger partial charge in [-0.3, -0.25) is 0 Å². The first-order valence-electron chi connectivity index (χ1n) is 5.42. The minimum atomic E-state index is -3.51. The van der Waals surface area contributed by atoms with Crippen molar-refractivity contribution in [3.63, 3.8) is 0 Å². The van der Waals surface area contributed by atoms with E-state index < -0.39 is 10.0 Å². The fourth-order valence-electron chi connectivity index (χ4n) is 1.71. The number of hydrogen-bond donors (Lipinski definition) is 2.